The molecule has 2 N–H and O–H groups in total. The molecule has 1 heterocycles. The summed E-state index contributed by atoms with van der Waals surface area (Å²) in [6.07, 6.45) is -0.483. The number of nitrogens with one attached hydrogen (secondary N) is 2. The van der Waals surface area contributed by atoms with E-state index >= 15 is 0 Å². The number of ether oxygens (including phenoxy) is 1. The van der Waals surface area contributed by atoms with Gasteiger partial charge in [0.25, 0.3) is 0 Å². The molecule has 0 radical (unpaired) electrons. The highest BCUT2D eigenvalue weighted by Crippen LogP contribution is 2.10. The maximum atomic E-state index is 11.8. The predicted molar refractivity (Wildman–Crippen MR) is 83.4 cm³/mol. The normalized spacial score (nSPS) is 10.9. The Morgan fingerprint density at radius 1 is 1.29 bits per heavy atom. The van der Waals surface area contributed by atoms with Crippen LogP contribution in [-0.4, -0.2) is 42.8 Å². The van der Waals surface area contributed by atoms with E-state index in [0.717, 1.165) is 4.88 Å². The minimum atomic E-state index is -0.520. The lowest BCUT2D eigenvalue weighted by Crippen LogP contribution is -2.41. The molecule has 6 nitrogen and oxygen atoms in total. The second-order valence-corrected chi connectivity index (χ2v) is 6.63. The SMILES string of the molecule is CN(Cc1cccs1)C(=O)NCCNC(=O)OC(C)(C)C. The van der Waals surface area contributed by atoms with E-state index in [0.29, 0.717) is 19.6 Å². The summed E-state index contributed by atoms with van der Waals surface area (Å²) in [5.74, 6) is 0. The molecule has 21 heavy (non-hydrogen) atoms. The van der Waals surface area contributed by atoms with Crippen LogP contribution in [0.5, 0.6) is 0 Å². The molecule has 0 aliphatic carbocycles. The number of amides is 3. The molecule has 0 aromatic carbocycles. The number of nitrogens with zero attached hydrogens (tertiary/aromatic N) is 1. The van der Waals surface area contributed by atoms with Crippen molar-refractivity contribution in [3.8, 4) is 0 Å². The maximum absolute atomic E-state index is 11.8. The number of carbonyl (C=O) groups excluding carboxylic acids is 2. The van der Waals surface area contributed by atoms with E-state index in [-0.39, 0.29) is 6.03 Å². The van der Waals surface area contributed by atoms with Crippen molar-refractivity contribution < 1.29 is 14.3 Å². The first-order valence-corrected chi connectivity index (χ1v) is 7.64. The zero-order chi connectivity index (χ0) is 15.9. The van der Waals surface area contributed by atoms with E-state index in [1.54, 1.807) is 44.1 Å². The molecule has 0 bridgehead atoms. The van der Waals surface area contributed by atoms with Crippen LogP contribution in [-0.2, 0) is 11.3 Å². The van der Waals surface area contributed by atoms with Crippen molar-refractivity contribution in [1.29, 1.82) is 0 Å². The minimum absolute atomic E-state index is 0.172. The molecular weight excluding hydrogens is 290 g/mol. The smallest absolute Gasteiger partial charge is 0.407 e. The van der Waals surface area contributed by atoms with Crippen LogP contribution in [0.25, 0.3) is 0 Å². The maximum Gasteiger partial charge on any atom is 0.407 e. The Bertz CT molecular complexity index is 455. The largest absolute Gasteiger partial charge is 0.444 e. The molecule has 0 fully saturated rings. The molecule has 118 valence electrons. The van der Waals surface area contributed by atoms with Crippen LogP contribution in [0, 0.1) is 0 Å². The number of hydrogen-bond acceptors (Lipinski definition) is 4. The van der Waals surface area contributed by atoms with Crippen molar-refractivity contribution in [2.45, 2.75) is 32.9 Å². The van der Waals surface area contributed by atoms with Crippen LogP contribution in [0.3, 0.4) is 0 Å². The second kappa shape index (κ2) is 7.87. The van der Waals surface area contributed by atoms with Gasteiger partial charge in [-0.1, -0.05) is 6.07 Å². The zero-order valence-corrected chi connectivity index (χ0v) is 13.8. The standard InChI is InChI=1S/C14H23N3O3S/c1-14(2,3)20-13(19)16-8-7-15-12(18)17(4)10-11-6-5-9-21-11/h5-6,9H,7-8,10H2,1-4H3,(H,15,18)(H,16,19). The van der Waals surface area contributed by atoms with Crippen molar-refractivity contribution in [3.63, 3.8) is 0 Å². The molecule has 3 amide bonds. The highest BCUT2D eigenvalue weighted by Gasteiger charge is 2.15. The third kappa shape index (κ3) is 7.55. The summed E-state index contributed by atoms with van der Waals surface area (Å²) in [6, 6.07) is 3.77. The first kappa shape index (κ1) is 17.3. The number of carbonyl (C=O) groups is 2. The summed E-state index contributed by atoms with van der Waals surface area (Å²) >= 11 is 1.61. The quantitative estimate of drug-likeness (QED) is 0.820. The van der Waals surface area contributed by atoms with E-state index in [2.05, 4.69) is 10.6 Å². The van der Waals surface area contributed by atoms with Gasteiger partial charge >= 0.3 is 12.1 Å². The van der Waals surface area contributed by atoms with E-state index in [1.807, 2.05) is 17.5 Å². The number of rotatable bonds is 5. The Kier molecular flexibility index (Phi) is 6.48. The van der Waals surface area contributed by atoms with Crippen LogP contribution in [0.4, 0.5) is 9.59 Å². The number of thiophene rings is 1. The summed E-state index contributed by atoms with van der Waals surface area (Å²) in [7, 11) is 1.73. The fraction of sp³-hybridized carbons (Fsp3) is 0.571. The lowest BCUT2D eigenvalue weighted by molar-refractivity contribution is 0.0528. The monoisotopic (exact) mass is 313 g/mol. The molecule has 0 atom stereocenters. The summed E-state index contributed by atoms with van der Waals surface area (Å²) < 4.78 is 5.09. The first-order chi connectivity index (χ1) is 9.78. The van der Waals surface area contributed by atoms with Crippen molar-refractivity contribution in [1.82, 2.24) is 15.5 Å². The van der Waals surface area contributed by atoms with Gasteiger partial charge in [0.15, 0.2) is 0 Å². The minimum Gasteiger partial charge on any atom is -0.444 e. The summed E-state index contributed by atoms with van der Waals surface area (Å²) in [6.45, 7) is 6.65. The molecule has 0 spiro atoms. The van der Waals surface area contributed by atoms with Crippen molar-refractivity contribution >= 4 is 23.5 Å². The molecule has 1 aromatic heterocycles. The Labute approximate surface area is 129 Å². The molecule has 0 aliphatic heterocycles. The fourth-order valence-electron chi connectivity index (χ4n) is 1.49. The highest BCUT2D eigenvalue weighted by molar-refractivity contribution is 7.09. The Morgan fingerprint density at radius 2 is 1.95 bits per heavy atom. The van der Waals surface area contributed by atoms with Gasteiger partial charge in [-0.15, -0.1) is 11.3 Å². The topological polar surface area (TPSA) is 70.7 Å². The van der Waals surface area contributed by atoms with Gasteiger partial charge in [-0.05, 0) is 32.2 Å². The molecule has 0 saturated carbocycles. The van der Waals surface area contributed by atoms with E-state index in [9.17, 15) is 9.59 Å². The van der Waals surface area contributed by atoms with Crippen molar-refractivity contribution in [2.75, 3.05) is 20.1 Å². The summed E-state index contributed by atoms with van der Waals surface area (Å²) in [5.41, 5.74) is -0.520. The average molecular weight is 313 g/mol. The Morgan fingerprint density at radius 3 is 2.52 bits per heavy atom. The van der Waals surface area contributed by atoms with E-state index in [1.165, 1.54) is 0 Å². The second-order valence-electron chi connectivity index (χ2n) is 5.60. The van der Waals surface area contributed by atoms with Gasteiger partial charge < -0.3 is 20.3 Å². The van der Waals surface area contributed by atoms with E-state index < -0.39 is 11.7 Å². The third-order valence-electron chi connectivity index (χ3n) is 2.39. The molecular formula is C14H23N3O3S. The molecule has 0 unspecified atom stereocenters. The molecule has 7 heteroatoms. The number of hydrogen-bond donors (Lipinski definition) is 2. The fourth-order valence-corrected chi connectivity index (χ4v) is 2.25. The first-order valence-electron chi connectivity index (χ1n) is 6.76. The van der Waals surface area contributed by atoms with Crippen molar-refractivity contribution in [3.05, 3.63) is 22.4 Å². The molecule has 1 aromatic rings. The van der Waals surface area contributed by atoms with Crippen LogP contribution in [0.1, 0.15) is 25.6 Å². The van der Waals surface area contributed by atoms with Gasteiger partial charge in [-0.3, -0.25) is 0 Å². The lowest BCUT2D eigenvalue weighted by Gasteiger charge is -2.20. The molecule has 1 rings (SSSR count). The Balaban J connectivity index is 2.17. The van der Waals surface area contributed by atoms with Crippen LogP contribution < -0.4 is 10.6 Å². The molecule has 0 saturated heterocycles. The van der Waals surface area contributed by atoms with Gasteiger partial charge in [0.05, 0.1) is 6.54 Å². The summed E-state index contributed by atoms with van der Waals surface area (Å²) in [5, 5.41) is 7.30. The highest BCUT2D eigenvalue weighted by atomic mass is 32.1. The number of alkyl carbamates (subject to hydrolysis) is 1. The predicted octanol–water partition coefficient (Wildman–Crippen LogP) is 2.41. The lowest BCUT2D eigenvalue weighted by atomic mass is 10.2. The van der Waals surface area contributed by atoms with Gasteiger partial charge in [0.1, 0.15) is 5.60 Å². The van der Waals surface area contributed by atoms with Gasteiger partial charge in [-0.2, -0.15) is 0 Å². The Hall–Kier alpha value is -1.76. The third-order valence-corrected chi connectivity index (χ3v) is 3.25. The average Bonchev–Trinajstić information content (AvgIpc) is 2.84. The van der Waals surface area contributed by atoms with Gasteiger partial charge in [0.2, 0.25) is 0 Å². The summed E-state index contributed by atoms with van der Waals surface area (Å²) in [4.78, 5) is 25.9. The zero-order valence-electron chi connectivity index (χ0n) is 12.9. The van der Waals surface area contributed by atoms with Gasteiger partial charge in [-0.25, -0.2) is 9.59 Å². The van der Waals surface area contributed by atoms with Crippen molar-refractivity contribution in [2.24, 2.45) is 0 Å². The van der Waals surface area contributed by atoms with Gasteiger partial charge in [0, 0.05) is 25.0 Å². The van der Waals surface area contributed by atoms with E-state index in [4.69, 9.17) is 4.74 Å². The van der Waals surface area contributed by atoms with Crippen LogP contribution in [0.2, 0.25) is 0 Å². The van der Waals surface area contributed by atoms with Crippen LogP contribution in [0.15, 0.2) is 17.5 Å². The van der Waals surface area contributed by atoms with Crippen LogP contribution >= 0.6 is 11.3 Å². The number of urea groups is 1. The molecule has 0 aliphatic rings.